The summed E-state index contributed by atoms with van der Waals surface area (Å²) in [5, 5.41) is 1.01. The first-order chi connectivity index (χ1) is 14.4. The van der Waals surface area contributed by atoms with Crippen LogP contribution in [0.4, 0.5) is 0 Å². The number of amides is 2. The van der Waals surface area contributed by atoms with Gasteiger partial charge >= 0.3 is 0 Å². The molecule has 0 aliphatic carbocycles. The van der Waals surface area contributed by atoms with Crippen LogP contribution in [0.1, 0.15) is 47.0 Å². The monoisotopic (exact) mass is 428 g/mol. The highest BCUT2D eigenvalue weighted by Gasteiger charge is 2.25. The van der Waals surface area contributed by atoms with Gasteiger partial charge in [-0.15, -0.1) is 11.3 Å². The molecular formula is C23H32N4O2S. The Hall–Kier alpha value is -2.28. The second-order valence-corrected chi connectivity index (χ2v) is 9.48. The van der Waals surface area contributed by atoms with Gasteiger partial charge in [-0.25, -0.2) is 4.98 Å². The van der Waals surface area contributed by atoms with Gasteiger partial charge in [0.05, 0.1) is 17.1 Å². The Morgan fingerprint density at radius 1 is 1.30 bits per heavy atom. The molecule has 6 nitrogen and oxygen atoms in total. The third-order valence-electron chi connectivity index (χ3n) is 5.80. The summed E-state index contributed by atoms with van der Waals surface area (Å²) in [5.74, 6) is 0.760. The molecule has 3 rings (SSSR count). The fraction of sp³-hybridized carbons (Fsp3) is 0.565. The van der Waals surface area contributed by atoms with Crippen molar-refractivity contribution in [3.8, 4) is 0 Å². The van der Waals surface area contributed by atoms with Gasteiger partial charge in [0.2, 0.25) is 11.8 Å². The molecule has 7 heteroatoms. The maximum atomic E-state index is 12.8. The van der Waals surface area contributed by atoms with E-state index in [1.54, 1.807) is 22.4 Å². The van der Waals surface area contributed by atoms with Gasteiger partial charge in [0.15, 0.2) is 0 Å². The Labute approximate surface area is 183 Å². The average Bonchev–Trinajstić information content (AvgIpc) is 3.07. The van der Waals surface area contributed by atoms with Gasteiger partial charge < -0.3 is 9.80 Å². The highest BCUT2D eigenvalue weighted by molar-refractivity contribution is 7.11. The molecule has 2 aromatic rings. The minimum atomic E-state index is 0.171. The molecule has 2 amide bonds. The van der Waals surface area contributed by atoms with Crippen molar-refractivity contribution in [2.24, 2.45) is 5.92 Å². The first kappa shape index (κ1) is 22.4. The van der Waals surface area contributed by atoms with Crippen LogP contribution < -0.4 is 0 Å². The van der Waals surface area contributed by atoms with Crippen LogP contribution in [0, 0.1) is 19.8 Å². The molecule has 0 spiro atoms. The zero-order valence-electron chi connectivity index (χ0n) is 18.3. The lowest BCUT2D eigenvalue weighted by molar-refractivity contribution is -0.132. The van der Waals surface area contributed by atoms with E-state index in [2.05, 4.69) is 9.97 Å². The average molecular weight is 429 g/mol. The summed E-state index contributed by atoms with van der Waals surface area (Å²) in [7, 11) is 1.86. The van der Waals surface area contributed by atoms with Crippen LogP contribution in [0.25, 0.3) is 0 Å². The fourth-order valence-corrected chi connectivity index (χ4v) is 4.91. The van der Waals surface area contributed by atoms with E-state index < -0.39 is 0 Å². The van der Waals surface area contributed by atoms with Gasteiger partial charge in [-0.1, -0.05) is 6.07 Å². The molecule has 1 unspecified atom stereocenters. The molecule has 0 N–H and O–H groups in total. The molecule has 0 bridgehead atoms. The van der Waals surface area contributed by atoms with Gasteiger partial charge in [-0.3, -0.25) is 14.6 Å². The number of piperidine rings is 1. The van der Waals surface area contributed by atoms with E-state index in [4.69, 9.17) is 0 Å². The molecule has 1 saturated heterocycles. The molecule has 1 fully saturated rings. The Morgan fingerprint density at radius 2 is 2.13 bits per heavy atom. The third-order valence-corrected chi connectivity index (χ3v) is 6.88. The topological polar surface area (TPSA) is 66.4 Å². The lowest BCUT2D eigenvalue weighted by Gasteiger charge is -2.33. The van der Waals surface area contributed by atoms with Gasteiger partial charge in [0, 0.05) is 56.3 Å². The Kier molecular flexibility index (Phi) is 7.96. The van der Waals surface area contributed by atoms with Crippen molar-refractivity contribution in [3.05, 3.63) is 45.7 Å². The number of aryl methyl sites for hydroxylation is 2. The van der Waals surface area contributed by atoms with Crippen molar-refractivity contribution in [3.63, 3.8) is 0 Å². The standard InChI is InChI=1S/C23H32N4O2S/c1-17-21(30-18(2)25-17)15-23(29)27-13-6-7-19(16-27)9-10-22(28)26(3)14-11-20-8-4-5-12-24-20/h4-5,8,12,19H,6-7,9-11,13-16H2,1-3H3. The number of thiazole rings is 1. The minimum absolute atomic E-state index is 0.171. The van der Waals surface area contributed by atoms with Gasteiger partial charge in [0.25, 0.3) is 0 Å². The van der Waals surface area contributed by atoms with Crippen molar-refractivity contribution in [2.45, 2.75) is 52.4 Å². The van der Waals surface area contributed by atoms with Crippen LogP contribution in [-0.4, -0.2) is 58.3 Å². The van der Waals surface area contributed by atoms with Crippen molar-refractivity contribution >= 4 is 23.2 Å². The largest absolute Gasteiger partial charge is 0.345 e. The van der Waals surface area contributed by atoms with E-state index in [0.29, 0.717) is 25.3 Å². The number of nitrogens with zero attached hydrogens (tertiary/aromatic N) is 4. The Morgan fingerprint density at radius 3 is 2.83 bits per heavy atom. The van der Waals surface area contributed by atoms with Crippen molar-refractivity contribution in [1.82, 2.24) is 19.8 Å². The highest BCUT2D eigenvalue weighted by atomic mass is 32.1. The van der Waals surface area contributed by atoms with Crippen LogP contribution in [0.2, 0.25) is 0 Å². The highest BCUT2D eigenvalue weighted by Crippen LogP contribution is 2.24. The predicted molar refractivity (Wildman–Crippen MR) is 119 cm³/mol. The lowest BCUT2D eigenvalue weighted by Crippen LogP contribution is -2.41. The Balaban J connectivity index is 1.42. The second kappa shape index (κ2) is 10.7. The number of carbonyl (C=O) groups is 2. The summed E-state index contributed by atoms with van der Waals surface area (Å²) < 4.78 is 0. The molecule has 1 aliphatic rings. The number of aromatic nitrogens is 2. The number of carbonyl (C=O) groups excluding carboxylic acids is 2. The SMILES string of the molecule is Cc1nc(C)c(CC(=O)N2CCCC(CCC(=O)N(C)CCc3ccccn3)C2)s1. The summed E-state index contributed by atoms with van der Waals surface area (Å²) in [4.78, 5) is 38.9. The number of likely N-dealkylation sites (N-methyl/N-ethyl adjacent to an activating group) is 1. The van der Waals surface area contributed by atoms with E-state index in [1.807, 2.05) is 44.0 Å². The normalized spacial score (nSPS) is 16.5. The molecule has 1 aliphatic heterocycles. The first-order valence-electron chi connectivity index (χ1n) is 10.8. The van der Waals surface area contributed by atoms with Crippen molar-refractivity contribution < 1.29 is 9.59 Å². The second-order valence-electron chi connectivity index (χ2n) is 8.19. The van der Waals surface area contributed by atoms with E-state index in [-0.39, 0.29) is 11.8 Å². The molecule has 0 radical (unpaired) electrons. The van der Waals surface area contributed by atoms with E-state index in [1.165, 1.54) is 0 Å². The third kappa shape index (κ3) is 6.36. The molecule has 30 heavy (non-hydrogen) atoms. The summed E-state index contributed by atoms with van der Waals surface area (Å²) in [5.41, 5.74) is 1.98. The van der Waals surface area contributed by atoms with Crippen LogP contribution in [-0.2, 0) is 22.4 Å². The van der Waals surface area contributed by atoms with Crippen molar-refractivity contribution in [1.29, 1.82) is 0 Å². The van der Waals surface area contributed by atoms with E-state index in [0.717, 1.165) is 60.0 Å². The maximum Gasteiger partial charge on any atom is 0.227 e. The quantitative estimate of drug-likeness (QED) is 0.646. The number of likely N-dealkylation sites (tertiary alicyclic amines) is 1. The number of pyridine rings is 1. The minimum Gasteiger partial charge on any atom is -0.345 e. The zero-order chi connectivity index (χ0) is 21.5. The summed E-state index contributed by atoms with van der Waals surface area (Å²) in [6.07, 6.45) is 6.48. The maximum absolute atomic E-state index is 12.8. The molecule has 0 saturated carbocycles. The molecule has 162 valence electrons. The van der Waals surface area contributed by atoms with Gasteiger partial charge in [-0.05, 0) is 51.2 Å². The zero-order valence-corrected chi connectivity index (χ0v) is 19.1. The summed E-state index contributed by atoms with van der Waals surface area (Å²) in [6.45, 7) is 6.22. The van der Waals surface area contributed by atoms with Crippen LogP contribution in [0.3, 0.4) is 0 Å². The van der Waals surface area contributed by atoms with E-state index in [9.17, 15) is 9.59 Å². The molecule has 1 atom stereocenters. The predicted octanol–water partition coefficient (Wildman–Crippen LogP) is 3.42. The van der Waals surface area contributed by atoms with E-state index >= 15 is 0 Å². The summed E-state index contributed by atoms with van der Waals surface area (Å²) >= 11 is 1.61. The molecule has 3 heterocycles. The molecule has 2 aromatic heterocycles. The molecule has 0 aromatic carbocycles. The molecular weight excluding hydrogens is 396 g/mol. The summed E-state index contributed by atoms with van der Waals surface area (Å²) in [6, 6.07) is 5.86. The lowest BCUT2D eigenvalue weighted by atomic mass is 9.93. The first-order valence-corrected chi connectivity index (χ1v) is 11.6. The van der Waals surface area contributed by atoms with Gasteiger partial charge in [0.1, 0.15) is 0 Å². The number of hydrogen-bond donors (Lipinski definition) is 0. The van der Waals surface area contributed by atoms with Gasteiger partial charge in [-0.2, -0.15) is 0 Å². The fourth-order valence-electron chi connectivity index (χ4n) is 3.99. The number of rotatable bonds is 8. The van der Waals surface area contributed by atoms with Crippen molar-refractivity contribution in [2.75, 3.05) is 26.7 Å². The smallest absolute Gasteiger partial charge is 0.227 e. The van der Waals surface area contributed by atoms with Crippen LogP contribution >= 0.6 is 11.3 Å². The Bertz CT molecular complexity index is 852. The van der Waals surface area contributed by atoms with Crippen LogP contribution in [0.5, 0.6) is 0 Å². The van der Waals surface area contributed by atoms with Crippen LogP contribution in [0.15, 0.2) is 24.4 Å². The number of hydrogen-bond acceptors (Lipinski definition) is 5.